The van der Waals surface area contributed by atoms with Crippen LogP contribution in [0.4, 0.5) is 13.2 Å². The first-order valence-electron chi connectivity index (χ1n) is 5.47. The molecule has 8 heteroatoms. The normalized spacial score (nSPS) is 13.3. The Hall–Kier alpha value is -0.340. The number of sulfonamides is 1. The molecule has 0 aromatic heterocycles. The number of halogens is 3. The summed E-state index contributed by atoms with van der Waals surface area (Å²) < 4.78 is 60.5. The summed E-state index contributed by atoms with van der Waals surface area (Å²) >= 11 is 0. The zero-order chi connectivity index (χ0) is 13.5. The standard InChI is InChI=1S/C9H19F3N2O2S/c1-2-6-14(8-9(10,11)12)17(15,16)7-4-3-5-13/h2-8,13H2,1H3. The van der Waals surface area contributed by atoms with E-state index in [9.17, 15) is 21.6 Å². The first kappa shape index (κ1) is 16.7. The molecule has 0 aromatic rings. The lowest BCUT2D eigenvalue weighted by molar-refractivity contribution is -0.136. The Balaban J connectivity index is 4.56. The summed E-state index contributed by atoms with van der Waals surface area (Å²) in [6, 6.07) is 0. The van der Waals surface area contributed by atoms with Crippen molar-refractivity contribution in [1.82, 2.24) is 4.31 Å². The van der Waals surface area contributed by atoms with Crippen LogP contribution in [-0.4, -0.2) is 44.3 Å². The fraction of sp³-hybridized carbons (Fsp3) is 1.00. The minimum atomic E-state index is -4.50. The summed E-state index contributed by atoms with van der Waals surface area (Å²) in [5, 5.41) is 0. The van der Waals surface area contributed by atoms with Crippen LogP contribution in [0.25, 0.3) is 0 Å². The summed E-state index contributed by atoms with van der Waals surface area (Å²) in [5.74, 6) is -0.278. The van der Waals surface area contributed by atoms with Crippen LogP contribution in [0.5, 0.6) is 0 Å². The number of unbranched alkanes of at least 4 members (excludes halogenated alkanes) is 1. The van der Waals surface area contributed by atoms with Gasteiger partial charge in [0, 0.05) is 6.54 Å². The van der Waals surface area contributed by atoms with Crippen molar-refractivity contribution in [2.24, 2.45) is 5.73 Å². The van der Waals surface area contributed by atoms with Gasteiger partial charge >= 0.3 is 6.18 Å². The van der Waals surface area contributed by atoms with Crippen LogP contribution >= 0.6 is 0 Å². The molecule has 0 aromatic carbocycles. The van der Waals surface area contributed by atoms with E-state index < -0.39 is 22.7 Å². The number of hydrogen-bond donors (Lipinski definition) is 1. The molecule has 0 saturated carbocycles. The third-order valence-corrected chi connectivity index (χ3v) is 3.98. The predicted octanol–water partition coefficient (Wildman–Crippen LogP) is 1.33. The van der Waals surface area contributed by atoms with Crippen molar-refractivity contribution in [3.05, 3.63) is 0 Å². The molecule has 17 heavy (non-hydrogen) atoms. The molecular formula is C9H19F3N2O2S. The van der Waals surface area contributed by atoms with E-state index in [4.69, 9.17) is 5.73 Å². The summed E-state index contributed by atoms with van der Waals surface area (Å²) in [5.41, 5.74) is 5.21. The van der Waals surface area contributed by atoms with Gasteiger partial charge in [0.15, 0.2) is 0 Å². The fourth-order valence-electron chi connectivity index (χ4n) is 1.32. The van der Waals surface area contributed by atoms with Gasteiger partial charge in [0.2, 0.25) is 10.0 Å². The number of nitrogens with zero attached hydrogens (tertiary/aromatic N) is 1. The Morgan fingerprint density at radius 3 is 2.24 bits per heavy atom. The molecule has 0 aliphatic rings. The number of rotatable bonds is 8. The van der Waals surface area contributed by atoms with Gasteiger partial charge in [-0.05, 0) is 25.8 Å². The molecule has 4 nitrogen and oxygen atoms in total. The van der Waals surface area contributed by atoms with Crippen molar-refractivity contribution in [2.45, 2.75) is 32.4 Å². The molecule has 0 rings (SSSR count). The molecule has 0 amide bonds. The maximum atomic E-state index is 12.2. The third-order valence-electron chi connectivity index (χ3n) is 2.08. The minimum Gasteiger partial charge on any atom is -0.330 e. The Kier molecular flexibility index (Phi) is 7.03. The van der Waals surface area contributed by atoms with Crippen molar-refractivity contribution in [1.29, 1.82) is 0 Å². The first-order chi connectivity index (χ1) is 7.73. The Labute approximate surface area is 100 Å². The van der Waals surface area contributed by atoms with Gasteiger partial charge in [0.25, 0.3) is 0 Å². The average molecular weight is 276 g/mol. The third kappa shape index (κ3) is 7.56. The van der Waals surface area contributed by atoms with Gasteiger partial charge in [-0.2, -0.15) is 17.5 Å². The van der Waals surface area contributed by atoms with E-state index in [0.29, 0.717) is 23.7 Å². The van der Waals surface area contributed by atoms with Crippen molar-refractivity contribution >= 4 is 10.0 Å². The molecule has 0 aliphatic carbocycles. The van der Waals surface area contributed by atoms with Gasteiger partial charge in [-0.15, -0.1) is 0 Å². The smallest absolute Gasteiger partial charge is 0.330 e. The highest BCUT2D eigenvalue weighted by Crippen LogP contribution is 2.19. The van der Waals surface area contributed by atoms with E-state index in [2.05, 4.69) is 0 Å². The Morgan fingerprint density at radius 1 is 1.24 bits per heavy atom. The monoisotopic (exact) mass is 276 g/mol. The maximum absolute atomic E-state index is 12.2. The molecule has 0 saturated heterocycles. The topological polar surface area (TPSA) is 63.4 Å². The van der Waals surface area contributed by atoms with Crippen molar-refractivity contribution in [3.63, 3.8) is 0 Å². The van der Waals surface area contributed by atoms with Crippen LogP contribution in [0, 0.1) is 0 Å². The molecular weight excluding hydrogens is 257 g/mol. The summed E-state index contributed by atoms with van der Waals surface area (Å²) in [7, 11) is -3.83. The average Bonchev–Trinajstić information content (AvgIpc) is 2.15. The molecule has 0 bridgehead atoms. The van der Waals surface area contributed by atoms with Gasteiger partial charge in [-0.1, -0.05) is 6.92 Å². The minimum absolute atomic E-state index is 0.107. The predicted molar refractivity (Wildman–Crippen MR) is 60.0 cm³/mol. The van der Waals surface area contributed by atoms with Crippen LogP contribution < -0.4 is 5.73 Å². The van der Waals surface area contributed by atoms with Crippen LogP contribution in [0.3, 0.4) is 0 Å². The lowest BCUT2D eigenvalue weighted by Crippen LogP contribution is -2.40. The molecule has 0 heterocycles. The maximum Gasteiger partial charge on any atom is 0.402 e. The van der Waals surface area contributed by atoms with Gasteiger partial charge in [0.1, 0.15) is 6.54 Å². The summed E-state index contributed by atoms with van der Waals surface area (Å²) in [4.78, 5) is 0. The van der Waals surface area contributed by atoms with Gasteiger partial charge in [0.05, 0.1) is 5.75 Å². The Morgan fingerprint density at radius 2 is 1.82 bits per heavy atom. The first-order valence-corrected chi connectivity index (χ1v) is 7.08. The van der Waals surface area contributed by atoms with Crippen LogP contribution in [0.2, 0.25) is 0 Å². The van der Waals surface area contributed by atoms with E-state index in [-0.39, 0.29) is 18.7 Å². The second kappa shape index (κ2) is 7.17. The quantitative estimate of drug-likeness (QED) is 0.680. The number of hydrogen-bond acceptors (Lipinski definition) is 3. The highest BCUT2D eigenvalue weighted by atomic mass is 32.2. The molecule has 104 valence electrons. The van der Waals surface area contributed by atoms with Gasteiger partial charge in [-0.3, -0.25) is 0 Å². The van der Waals surface area contributed by atoms with E-state index in [0.717, 1.165) is 0 Å². The van der Waals surface area contributed by atoms with Crippen molar-refractivity contribution in [3.8, 4) is 0 Å². The number of alkyl halides is 3. The van der Waals surface area contributed by atoms with Crippen molar-refractivity contribution in [2.75, 3.05) is 25.4 Å². The lowest BCUT2D eigenvalue weighted by Gasteiger charge is -2.22. The van der Waals surface area contributed by atoms with E-state index in [1.165, 1.54) is 0 Å². The molecule has 0 atom stereocenters. The molecule has 0 radical (unpaired) electrons. The van der Waals surface area contributed by atoms with E-state index in [1.54, 1.807) is 6.92 Å². The largest absolute Gasteiger partial charge is 0.402 e. The second-order valence-electron chi connectivity index (χ2n) is 3.76. The van der Waals surface area contributed by atoms with Crippen LogP contribution in [-0.2, 0) is 10.0 Å². The number of nitrogens with two attached hydrogens (primary N) is 1. The second-order valence-corrected chi connectivity index (χ2v) is 5.85. The highest BCUT2D eigenvalue weighted by Gasteiger charge is 2.35. The van der Waals surface area contributed by atoms with Gasteiger partial charge < -0.3 is 5.73 Å². The highest BCUT2D eigenvalue weighted by molar-refractivity contribution is 7.89. The van der Waals surface area contributed by atoms with E-state index >= 15 is 0 Å². The van der Waals surface area contributed by atoms with E-state index in [1.807, 2.05) is 0 Å². The zero-order valence-corrected chi connectivity index (χ0v) is 10.6. The fourth-order valence-corrected chi connectivity index (χ4v) is 2.95. The molecule has 0 fully saturated rings. The van der Waals surface area contributed by atoms with Crippen LogP contribution in [0.1, 0.15) is 26.2 Å². The Bertz CT molecular complexity index is 304. The molecule has 0 unspecified atom stereocenters. The summed E-state index contributed by atoms with van der Waals surface area (Å²) in [6.07, 6.45) is -3.37. The molecule has 2 N–H and O–H groups in total. The van der Waals surface area contributed by atoms with Crippen LogP contribution in [0.15, 0.2) is 0 Å². The SMILES string of the molecule is CCCN(CC(F)(F)F)S(=O)(=O)CCCCN. The zero-order valence-electron chi connectivity index (χ0n) is 9.83. The molecule has 0 spiro atoms. The van der Waals surface area contributed by atoms with Gasteiger partial charge in [-0.25, -0.2) is 8.42 Å². The summed E-state index contributed by atoms with van der Waals surface area (Å²) in [6.45, 7) is 0.456. The van der Waals surface area contributed by atoms with Crippen molar-refractivity contribution < 1.29 is 21.6 Å². The molecule has 0 aliphatic heterocycles. The lowest BCUT2D eigenvalue weighted by atomic mass is 10.3.